The van der Waals surface area contributed by atoms with Gasteiger partial charge in [0.15, 0.2) is 0 Å². The van der Waals surface area contributed by atoms with Crippen LogP contribution in [-0.4, -0.2) is 41.4 Å². The zero-order chi connectivity index (χ0) is 8.10. The Hall–Kier alpha value is 0.790. The molecule has 3 heteroatoms. The predicted molar refractivity (Wildman–Crippen MR) is 56.8 cm³/mol. The minimum atomic E-state index is 0.748. The van der Waals surface area contributed by atoms with Crippen molar-refractivity contribution in [3.8, 4) is 0 Å². The number of hydrogen-bond acceptors (Lipinski definition) is 2. The Morgan fingerprint density at radius 3 is 3.09 bits per heavy atom. The summed E-state index contributed by atoms with van der Waals surface area (Å²) in [7, 11) is 0. The van der Waals surface area contributed by atoms with Crippen molar-refractivity contribution in [3.05, 3.63) is 0 Å². The van der Waals surface area contributed by atoms with Crippen LogP contribution in [0.3, 0.4) is 0 Å². The molecule has 0 aromatic heterocycles. The van der Waals surface area contributed by atoms with Gasteiger partial charge in [0.05, 0.1) is 0 Å². The number of rotatable bonds is 3. The molecule has 0 bridgehead atoms. The van der Waals surface area contributed by atoms with Crippen molar-refractivity contribution in [1.29, 1.82) is 0 Å². The third kappa shape index (κ3) is 3.81. The van der Waals surface area contributed by atoms with E-state index in [9.17, 15) is 0 Å². The Morgan fingerprint density at radius 2 is 2.45 bits per heavy atom. The molecule has 0 saturated carbocycles. The lowest BCUT2D eigenvalue weighted by Crippen LogP contribution is -2.37. The summed E-state index contributed by atoms with van der Waals surface area (Å²) in [6, 6.07) is 0. The number of halogens is 1. The van der Waals surface area contributed by atoms with Gasteiger partial charge in [-0.1, -0.05) is 15.9 Å². The Labute approximate surface area is 82.0 Å². The molecule has 11 heavy (non-hydrogen) atoms. The maximum Gasteiger partial charge on any atom is 0.0273 e. The zero-order valence-electron chi connectivity index (χ0n) is 7.05. The summed E-state index contributed by atoms with van der Waals surface area (Å²) < 4.78 is 0. The second-order valence-electron chi connectivity index (χ2n) is 3.03. The van der Waals surface area contributed by atoms with Gasteiger partial charge in [0, 0.05) is 23.7 Å². The van der Waals surface area contributed by atoms with Crippen molar-refractivity contribution in [3.63, 3.8) is 0 Å². The molecule has 1 saturated heterocycles. The lowest BCUT2D eigenvalue weighted by molar-refractivity contribution is 0.249. The van der Waals surface area contributed by atoms with Crippen LogP contribution in [0, 0.1) is 0 Å². The number of alkyl halides is 1. The number of nitrogens with zero attached hydrogens (tertiary/aromatic N) is 1. The van der Waals surface area contributed by atoms with Gasteiger partial charge in [-0.15, -0.1) is 0 Å². The Kier molecular flexibility index (Phi) is 4.88. The Balaban J connectivity index is 2.12. The molecule has 1 aliphatic heterocycles. The first-order chi connectivity index (χ1) is 5.33. The minimum absolute atomic E-state index is 0.748. The van der Waals surface area contributed by atoms with Crippen LogP contribution in [0.1, 0.15) is 12.8 Å². The highest BCUT2D eigenvalue weighted by atomic mass is 79.9. The highest BCUT2D eigenvalue weighted by Gasteiger charge is 2.16. The SMILES string of the molecule is CSCCN1CCCC(Br)C1. The van der Waals surface area contributed by atoms with E-state index in [2.05, 4.69) is 27.1 Å². The van der Waals surface area contributed by atoms with Gasteiger partial charge < -0.3 is 4.90 Å². The van der Waals surface area contributed by atoms with E-state index < -0.39 is 0 Å². The van der Waals surface area contributed by atoms with Crippen LogP contribution in [-0.2, 0) is 0 Å². The quantitative estimate of drug-likeness (QED) is 0.693. The van der Waals surface area contributed by atoms with E-state index in [4.69, 9.17) is 0 Å². The average Bonchev–Trinajstić information content (AvgIpc) is 2.01. The van der Waals surface area contributed by atoms with Crippen LogP contribution in [0.5, 0.6) is 0 Å². The molecule has 0 amide bonds. The van der Waals surface area contributed by atoms with Crippen LogP contribution >= 0.6 is 27.7 Å². The van der Waals surface area contributed by atoms with Crippen LogP contribution in [0.4, 0.5) is 0 Å². The highest BCUT2D eigenvalue weighted by molar-refractivity contribution is 9.09. The number of thioether (sulfide) groups is 1. The molecule has 1 heterocycles. The third-order valence-electron chi connectivity index (χ3n) is 2.06. The van der Waals surface area contributed by atoms with E-state index in [1.54, 1.807) is 0 Å². The Morgan fingerprint density at radius 1 is 1.64 bits per heavy atom. The topological polar surface area (TPSA) is 3.24 Å². The molecule has 1 nitrogen and oxygen atoms in total. The molecule has 0 aliphatic carbocycles. The van der Waals surface area contributed by atoms with Crippen molar-refractivity contribution in [2.45, 2.75) is 17.7 Å². The maximum atomic E-state index is 3.67. The first-order valence-electron chi connectivity index (χ1n) is 4.18. The normalized spacial score (nSPS) is 27.3. The lowest BCUT2D eigenvalue weighted by atomic mass is 10.1. The molecule has 1 atom stereocenters. The second kappa shape index (κ2) is 5.44. The van der Waals surface area contributed by atoms with E-state index in [1.807, 2.05) is 11.8 Å². The number of hydrogen-bond donors (Lipinski definition) is 0. The lowest BCUT2D eigenvalue weighted by Gasteiger charge is -2.29. The van der Waals surface area contributed by atoms with Crippen molar-refractivity contribution in [2.24, 2.45) is 0 Å². The van der Waals surface area contributed by atoms with Gasteiger partial charge in [-0.25, -0.2) is 0 Å². The summed E-state index contributed by atoms with van der Waals surface area (Å²) in [5.41, 5.74) is 0. The fourth-order valence-corrected chi connectivity index (χ4v) is 2.60. The van der Waals surface area contributed by atoms with Gasteiger partial charge in [0.25, 0.3) is 0 Å². The molecule has 1 rings (SSSR count). The van der Waals surface area contributed by atoms with Gasteiger partial charge in [-0.2, -0.15) is 11.8 Å². The number of likely N-dealkylation sites (tertiary alicyclic amines) is 1. The van der Waals surface area contributed by atoms with Crippen molar-refractivity contribution in [2.75, 3.05) is 31.6 Å². The van der Waals surface area contributed by atoms with E-state index in [-0.39, 0.29) is 0 Å². The van der Waals surface area contributed by atoms with Crippen molar-refractivity contribution >= 4 is 27.7 Å². The second-order valence-corrected chi connectivity index (χ2v) is 5.31. The molecular weight excluding hydrogens is 222 g/mol. The third-order valence-corrected chi connectivity index (χ3v) is 3.40. The average molecular weight is 238 g/mol. The summed E-state index contributed by atoms with van der Waals surface area (Å²) in [5, 5.41) is 0. The minimum Gasteiger partial charge on any atom is -0.301 e. The predicted octanol–water partition coefficient (Wildman–Crippen LogP) is 2.21. The van der Waals surface area contributed by atoms with Gasteiger partial charge in [-0.05, 0) is 25.6 Å². The van der Waals surface area contributed by atoms with Gasteiger partial charge in [0.1, 0.15) is 0 Å². The van der Waals surface area contributed by atoms with Crippen molar-refractivity contribution < 1.29 is 0 Å². The molecule has 0 aromatic rings. The summed E-state index contributed by atoms with van der Waals surface area (Å²) >= 11 is 5.61. The molecule has 0 aromatic carbocycles. The van der Waals surface area contributed by atoms with Crippen LogP contribution in [0.25, 0.3) is 0 Å². The van der Waals surface area contributed by atoms with Crippen molar-refractivity contribution in [1.82, 2.24) is 4.90 Å². The zero-order valence-corrected chi connectivity index (χ0v) is 9.46. The molecular formula is C8H16BrNS. The summed E-state index contributed by atoms with van der Waals surface area (Å²) in [5.74, 6) is 1.28. The van der Waals surface area contributed by atoms with Crippen LogP contribution < -0.4 is 0 Å². The van der Waals surface area contributed by atoms with Gasteiger partial charge in [0.2, 0.25) is 0 Å². The summed E-state index contributed by atoms with van der Waals surface area (Å²) in [6.07, 6.45) is 4.90. The molecule has 0 radical (unpaired) electrons. The number of piperidine rings is 1. The van der Waals surface area contributed by atoms with Crippen LogP contribution in [0.15, 0.2) is 0 Å². The first kappa shape index (κ1) is 9.87. The largest absolute Gasteiger partial charge is 0.301 e. The smallest absolute Gasteiger partial charge is 0.0273 e. The van der Waals surface area contributed by atoms with E-state index >= 15 is 0 Å². The van der Waals surface area contributed by atoms with Gasteiger partial charge in [-0.3, -0.25) is 0 Å². The summed E-state index contributed by atoms with van der Waals surface area (Å²) in [4.78, 5) is 3.30. The maximum absolute atomic E-state index is 3.67. The standard InChI is InChI=1S/C8H16BrNS/c1-11-6-5-10-4-2-3-8(9)7-10/h8H,2-7H2,1H3. The van der Waals surface area contributed by atoms with E-state index in [0.29, 0.717) is 0 Å². The molecule has 66 valence electrons. The van der Waals surface area contributed by atoms with Crippen LogP contribution in [0.2, 0.25) is 0 Å². The fraction of sp³-hybridized carbons (Fsp3) is 1.00. The molecule has 0 spiro atoms. The molecule has 0 N–H and O–H groups in total. The highest BCUT2D eigenvalue weighted by Crippen LogP contribution is 2.16. The van der Waals surface area contributed by atoms with Gasteiger partial charge >= 0.3 is 0 Å². The first-order valence-corrected chi connectivity index (χ1v) is 6.49. The Bertz CT molecular complexity index is 110. The molecule has 1 fully saturated rings. The van der Waals surface area contributed by atoms with E-state index in [0.717, 1.165) is 4.83 Å². The molecule has 1 aliphatic rings. The van der Waals surface area contributed by atoms with E-state index in [1.165, 1.54) is 38.2 Å². The molecule has 1 unspecified atom stereocenters. The fourth-order valence-electron chi connectivity index (χ4n) is 1.42. The monoisotopic (exact) mass is 237 g/mol. The summed E-state index contributed by atoms with van der Waals surface area (Å²) in [6.45, 7) is 3.83.